The molecule has 1 N–H and O–H groups in total. The summed E-state index contributed by atoms with van der Waals surface area (Å²) in [6, 6.07) is 0. The van der Waals surface area contributed by atoms with Crippen molar-refractivity contribution in [2.24, 2.45) is 0 Å². The highest BCUT2D eigenvalue weighted by Crippen LogP contribution is 2.03. The number of ether oxygens (including phenoxy) is 1. The normalized spacial score (nSPS) is 12.1. The lowest BCUT2D eigenvalue weighted by Crippen LogP contribution is -2.15. The fourth-order valence-corrected chi connectivity index (χ4v) is 1.02. The number of aromatic nitrogens is 2. The number of hydrogen-bond acceptors (Lipinski definition) is 4. The van der Waals surface area contributed by atoms with Crippen LogP contribution < -0.4 is 5.32 Å². The molecule has 0 spiro atoms. The molecule has 1 rings (SSSR count). The Morgan fingerprint density at radius 2 is 2.40 bits per heavy atom. The first-order chi connectivity index (χ1) is 7.22. The van der Waals surface area contributed by atoms with Crippen molar-refractivity contribution >= 4 is 11.7 Å². The third kappa shape index (κ3) is 4.51. The van der Waals surface area contributed by atoms with Gasteiger partial charge in [0.25, 0.3) is 0 Å². The minimum absolute atomic E-state index is 0.0700. The third-order valence-corrected chi connectivity index (χ3v) is 2.01. The zero-order valence-corrected chi connectivity index (χ0v) is 8.93. The molecule has 0 radical (unpaired) electrons. The molecule has 0 unspecified atom stereocenters. The predicted octanol–water partition coefficient (Wildman–Crippen LogP) is 1.23. The van der Waals surface area contributed by atoms with Gasteiger partial charge in [0, 0.05) is 25.9 Å². The Bertz CT molecular complexity index is 303. The van der Waals surface area contributed by atoms with E-state index in [0.717, 1.165) is 0 Å². The first-order valence-electron chi connectivity index (χ1n) is 4.81. The highest BCUT2D eigenvalue weighted by atomic mass is 16.5. The molecular weight excluding hydrogens is 194 g/mol. The monoisotopic (exact) mass is 209 g/mol. The van der Waals surface area contributed by atoms with Gasteiger partial charge in [-0.25, -0.2) is 4.98 Å². The van der Waals surface area contributed by atoms with Crippen LogP contribution in [0.3, 0.4) is 0 Å². The number of amides is 1. The highest BCUT2D eigenvalue weighted by molar-refractivity contribution is 5.89. The van der Waals surface area contributed by atoms with Crippen molar-refractivity contribution in [3.63, 3.8) is 0 Å². The van der Waals surface area contributed by atoms with Crippen LogP contribution in [0.2, 0.25) is 0 Å². The van der Waals surface area contributed by atoms with Crippen LogP contribution in [0, 0.1) is 0 Å². The number of anilines is 1. The second kappa shape index (κ2) is 6.08. The van der Waals surface area contributed by atoms with Gasteiger partial charge in [0.15, 0.2) is 5.82 Å². The lowest BCUT2D eigenvalue weighted by atomic mass is 10.2. The number of nitrogens with zero attached hydrogens (tertiary/aromatic N) is 2. The first kappa shape index (κ1) is 11.6. The molecule has 82 valence electrons. The standard InChI is InChI=1S/C10H15N3O2/c1-8(15-2)3-4-10(14)13-9-7-11-5-6-12-9/h5-8H,3-4H2,1-2H3,(H,12,13,14)/t8-/m0/s1. The minimum Gasteiger partial charge on any atom is -0.382 e. The largest absolute Gasteiger partial charge is 0.382 e. The minimum atomic E-state index is -0.0700. The van der Waals surface area contributed by atoms with Crippen LogP contribution in [-0.4, -0.2) is 29.1 Å². The van der Waals surface area contributed by atoms with E-state index in [9.17, 15) is 4.79 Å². The lowest BCUT2D eigenvalue weighted by molar-refractivity contribution is -0.116. The Hall–Kier alpha value is -1.49. The van der Waals surface area contributed by atoms with Gasteiger partial charge < -0.3 is 10.1 Å². The van der Waals surface area contributed by atoms with Crippen LogP contribution in [0.1, 0.15) is 19.8 Å². The molecule has 5 nitrogen and oxygen atoms in total. The Morgan fingerprint density at radius 3 is 3.00 bits per heavy atom. The molecule has 0 saturated carbocycles. The van der Waals surface area contributed by atoms with E-state index in [4.69, 9.17) is 4.74 Å². The van der Waals surface area contributed by atoms with Crippen LogP contribution in [0.5, 0.6) is 0 Å². The maximum absolute atomic E-state index is 11.4. The average molecular weight is 209 g/mol. The van der Waals surface area contributed by atoms with Crippen molar-refractivity contribution in [1.29, 1.82) is 0 Å². The first-order valence-corrected chi connectivity index (χ1v) is 4.81. The van der Waals surface area contributed by atoms with Gasteiger partial charge in [0.1, 0.15) is 0 Å². The van der Waals surface area contributed by atoms with E-state index in [2.05, 4.69) is 15.3 Å². The molecule has 5 heteroatoms. The molecule has 1 atom stereocenters. The Morgan fingerprint density at radius 1 is 1.60 bits per heavy atom. The number of methoxy groups -OCH3 is 1. The second-order valence-electron chi connectivity index (χ2n) is 3.22. The zero-order valence-electron chi connectivity index (χ0n) is 8.93. The van der Waals surface area contributed by atoms with E-state index in [1.807, 2.05) is 6.92 Å². The SMILES string of the molecule is CO[C@@H](C)CCC(=O)Nc1cnccn1. The molecule has 0 aliphatic rings. The number of rotatable bonds is 5. The molecule has 1 amide bonds. The third-order valence-electron chi connectivity index (χ3n) is 2.01. The van der Waals surface area contributed by atoms with Gasteiger partial charge in [0.2, 0.25) is 5.91 Å². The van der Waals surface area contributed by atoms with Crippen molar-refractivity contribution in [1.82, 2.24) is 9.97 Å². The van der Waals surface area contributed by atoms with Gasteiger partial charge >= 0.3 is 0 Å². The fraction of sp³-hybridized carbons (Fsp3) is 0.500. The van der Waals surface area contributed by atoms with Crippen molar-refractivity contribution in [3.05, 3.63) is 18.6 Å². The van der Waals surface area contributed by atoms with Gasteiger partial charge in [-0.2, -0.15) is 0 Å². The Labute approximate surface area is 88.9 Å². The molecular formula is C10H15N3O2. The van der Waals surface area contributed by atoms with E-state index < -0.39 is 0 Å². The summed E-state index contributed by atoms with van der Waals surface area (Å²) in [6.45, 7) is 1.93. The van der Waals surface area contributed by atoms with Gasteiger partial charge in [0.05, 0.1) is 12.3 Å². The van der Waals surface area contributed by atoms with Gasteiger partial charge in [-0.15, -0.1) is 0 Å². The summed E-state index contributed by atoms with van der Waals surface area (Å²) in [5.41, 5.74) is 0. The van der Waals surface area contributed by atoms with E-state index in [-0.39, 0.29) is 12.0 Å². The fourth-order valence-electron chi connectivity index (χ4n) is 1.02. The average Bonchev–Trinajstić information content (AvgIpc) is 2.27. The van der Waals surface area contributed by atoms with Crippen molar-refractivity contribution in [3.8, 4) is 0 Å². The number of carbonyl (C=O) groups excluding carboxylic acids is 1. The summed E-state index contributed by atoms with van der Waals surface area (Å²) in [4.78, 5) is 19.2. The van der Waals surface area contributed by atoms with E-state index >= 15 is 0 Å². The van der Waals surface area contributed by atoms with Crippen molar-refractivity contribution in [2.75, 3.05) is 12.4 Å². The van der Waals surface area contributed by atoms with Crippen LogP contribution in [0.15, 0.2) is 18.6 Å². The molecule has 0 saturated heterocycles. The molecule has 0 fully saturated rings. The molecule has 0 bridgehead atoms. The number of nitrogens with one attached hydrogen (secondary N) is 1. The summed E-state index contributed by atoms with van der Waals surface area (Å²) >= 11 is 0. The number of hydrogen-bond donors (Lipinski definition) is 1. The summed E-state index contributed by atoms with van der Waals surface area (Å²) in [5.74, 6) is 0.409. The quantitative estimate of drug-likeness (QED) is 0.792. The molecule has 1 aromatic rings. The number of carbonyl (C=O) groups is 1. The summed E-state index contributed by atoms with van der Waals surface area (Å²) in [5, 5.41) is 2.65. The molecule has 15 heavy (non-hydrogen) atoms. The molecule has 0 aromatic carbocycles. The predicted molar refractivity (Wildman–Crippen MR) is 56.4 cm³/mol. The molecule has 0 aliphatic heterocycles. The van der Waals surface area contributed by atoms with Gasteiger partial charge in [-0.05, 0) is 13.3 Å². The topological polar surface area (TPSA) is 64.1 Å². The Balaban J connectivity index is 2.31. The summed E-state index contributed by atoms with van der Waals surface area (Å²) in [7, 11) is 1.63. The maximum atomic E-state index is 11.4. The van der Waals surface area contributed by atoms with E-state index in [0.29, 0.717) is 18.7 Å². The zero-order chi connectivity index (χ0) is 11.1. The van der Waals surface area contributed by atoms with Gasteiger partial charge in [-0.1, -0.05) is 0 Å². The van der Waals surface area contributed by atoms with E-state index in [1.165, 1.54) is 12.4 Å². The van der Waals surface area contributed by atoms with Crippen LogP contribution in [0.4, 0.5) is 5.82 Å². The van der Waals surface area contributed by atoms with Crippen LogP contribution in [0.25, 0.3) is 0 Å². The van der Waals surface area contributed by atoms with Gasteiger partial charge in [-0.3, -0.25) is 9.78 Å². The smallest absolute Gasteiger partial charge is 0.225 e. The lowest BCUT2D eigenvalue weighted by Gasteiger charge is -2.08. The molecule has 1 aromatic heterocycles. The van der Waals surface area contributed by atoms with E-state index in [1.54, 1.807) is 13.3 Å². The second-order valence-corrected chi connectivity index (χ2v) is 3.22. The van der Waals surface area contributed by atoms with Crippen molar-refractivity contribution < 1.29 is 9.53 Å². The Kier molecular flexibility index (Phi) is 4.70. The maximum Gasteiger partial charge on any atom is 0.225 e. The molecule has 1 heterocycles. The van der Waals surface area contributed by atoms with Crippen LogP contribution >= 0.6 is 0 Å². The van der Waals surface area contributed by atoms with Crippen molar-refractivity contribution in [2.45, 2.75) is 25.9 Å². The molecule has 0 aliphatic carbocycles. The highest BCUT2D eigenvalue weighted by Gasteiger charge is 2.06. The van der Waals surface area contributed by atoms with Crippen LogP contribution in [-0.2, 0) is 9.53 Å². The summed E-state index contributed by atoms with van der Waals surface area (Å²) in [6.07, 6.45) is 5.82. The summed E-state index contributed by atoms with van der Waals surface area (Å²) < 4.78 is 5.04.